The van der Waals surface area contributed by atoms with Gasteiger partial charge in [-0.1, -0.05) is 30.3 Å². The van der Waals surface area contributed by atoms with Crippen LogP contribution in [0.3, 0.4) is 0 Å². The molecule has 0 aliphatic rings. The van der Waals surface area contributed by atoms with Crippen LogP contribution >= 0.6 is 0 Å². The molecule has 1 aromatic rings. The fourth-order valence-electron chi connectivity index (χ4n) is 0.819. The van der Waals surface area contributed by atoms with Gasteiger partial charge in [-0.15, -0.1) is 0 Å². The monoisotopic (exact) mass is 196 g/mol. The van der Waals surface area contributed by atoms with E-state index in [9.17, 15) is 9.59 Å². The standard InChI is InChI=1S/C9H8O5/c10-8(9(11)14-12)13-6-7-4-2-1-3-5-7/h1-5,12H,6H2. The van der Waals surface area contributed by atoms with Gasteiger partial charge in [-0.2, -0.15) is 5.26 Å². The SMILES string of the molecule is O=C(OO)C(=O)OCc1ccccc1. The summed E-state index contributed by atoms with van der Waals surface area (Å²) < 4.78 is 4.51. The number of rotatable bonds is 2. The highest BCUT2D eigenvalue weighted by molar-refractivity contribution is 6.29. The lowest BCUT2D eigenvalue weighted by Gasteiger charge is -2.01. The predicted molar refractivity (Wildman–Crippen MR) is 45.0 cm³/mol. The molecular weight excluding hydrogens is 188 g/mol. The molecule has 0 unspecified atom stereocenters. The lowest BCUT2D eigenvalue weighted by atomic mass is 10.2. The summed E-state index contributed by atoms with van der Waals surface area (Å²) in [5.41, 5.74) is 0.742. The van der Waals surface area contributed by atoms with Gasteiger partial charge in [0.1, 0.15) is 6.61 Å². The van der Waals surface area contributed by atoms with Gasteiger partial charge in [-0.05, 0) is 5.56 Å². The molecular formula is C9H8O5. The summed E-state index contributed by atoms with van der Waals surface area (Å²) in [7, 11) is 0. The molecule has 0 aliphatic carbocycles. The van der Waals surface area contributed by atoms with Gasteiger partial charge in [0.05, 0.1) is 0 Å². The van der Waals surface area contributed by atoms with Crippen molar-refractivity contribution in [3.05, 3.63) is 35.9 Å². The number of carbonyl (C=O) groups excluding carboxylic acids is 2. The molecule has 0 fully saturated rings. The number of ether oxygens (including phenoxy) is 1. The van der Waals surface area contributed by atoms with E-state index in [1.807, 2.05) is 6.07 Å². The molecule has 0 saturated heterocycles. The second-order valence-electron chi connectivity index (χ2n) is 2.44. The Balaban J connectivity index is 2.42. The molecule has 0 saturated carbocycles. The lowest BCUT2D eigenvalue weighted by molar-refractivity contribution is -0.237. The van der Waals surface area contributed by atoms with Crippen molar-refractivity contribution in [2.75, 3.05) is 0 Å². The summed E-state index contributed by atoms with van der Waals surface area (Å²) in [5.74, 6) is -2.66. The van der Waals surface area contributed by atoms with E-state index in [1.165, 1.54) is 0 Å². The number of hydrogen-bond acceptors (Lipinski definition) is 5. The Morgan fingerprint density at radius 1 is 1.14 bits per heavy atom. The van der Waals surface area contributed by atoms with Crippen LogP contribution < -0.4 is 0 Å². The van der Waals surface area contributed by atoms with Crippen molar-refractivity contribution in [1.82, 2.24) is 0 Å². The van der Waals surface area contributed by atoms with Gasteiger partial charge in [0.15, 0.2) is 0 Å². The van der Waals surface area contributed by atoms with E-state index in [-0.39, 0.29) is 6.61 Å². The summed E-state index contributed by atoms with van der Waals surface area (Å²) in [6.07, 6.45) is 0. The second-order valence-corrected chi connectivity index (χ2v) is 2.44. The van der Waals surface area contributed by atoms with E-state index in [1.54, 1.807) is 24.3 Å². The summed E-state index contributed by atoms with van der Waals surface area (Å²) in [5, 5.41) is 7.85. The van der Waals surface area contributed by atoms with Crippen LogP contribution in [-0.4, -0.2) is 17.2 Å². The first-order valence-corrected chi connectivity index (χ1v) is 3.80. The molecule has 1 rings (SSSR count). The Morgan fingerprint density at radius 3 is 2.36 bits per heavy atom. The first-order valence-electron chi connectivity index (χ1n) is 3.80. The highest BCUT2D eigenvalue weighted by Gasteiger charge is 2.16. The highest BCUT2D eigenvalue weighted by atomic mass is 17.1. The largest absolute Gasteiger partial charge is 0.452 e. The molecule has 0 aliphatic heterocycles. The van der Waals surface area contributed by atoms with Crippen molar-refractivity contribution in [2.24, 2.45) is 0 Å². The van der Waals surface area contributed by atoms with Gasteiger partial charge < -0.3 is 4.74 Å². The number of benzene rings is 1. The molecule has 0 atom stereocenters. The average Bonchev–Trinajstić information content (AvgIpc) is 2.26. The Morgan fingerprint density at radius 2 is 1.79 bits per heavy atom. The van der Waals surface area contributed by atoms with Crippen LogP contribution in [0.4, 0.5) is 0 Å². The van der Waals surface area contributed by atoms with E-state index in [4.69, 9.17) is 5.26 Å². The first kappa shape index (κ1) is 10.2. The van der Waals surface area contributed by atoms with E-state index in [0.29, 0.717) is 0 Å². The van der Waals surface area contributed by atoms with Gasteiger partial charge in [0.25, 0.3) is 0 Å². The Kier molecular flexibility index (Phi) is 3.63. The van der Waals surface area contributed by atoms with Crippen LogP contribution in [0.5, 0.6) is 0 Å². The van der Waals surface area contributed by atoms with Crippen LogP contribution in [0.15, 0.2) is 30.3 Å². The molecule has 5 nitrogen and oxygen atoms in total. The minimum atomic E-state index is -1.43. The van der Waals surface area contributed by atoms with E-state index < -0.39 is 11.9 Å². The van der Waals surface area contributed by atoms with Crippen molar-refractivity contribution in [1.29, 1.82) is 0 Å². The van der Waals surface area contributed by atoms with Crippen LogP contribution in [0.2, 0.25) is 0 Å². The summed E-state index contributed by atoms with van der Waals surface area (Å²) in [6, 6.07) is 8.82. The van der Waals surface area contributed by atoms with Gasteiger partial charge in [-0.25, -0.2) is 9.59 Å². The molecule has 0 heterocycles. The second kappa shape index (κ2) is 4.98. The van der Waals surface area contributed by atoms with Crippen molar-refractivity contribution >= 4 is 11.9 Å². The molecule has 0 spiro atoms. The molecule has 1 aromatic carbocycles. The fraction of sp³-hybridized carbons (Fsp3) is 0.111. The Hall–Kier alpha value is -1.88. The molecule has 5 heteroatoms. The van der Waals surface area contributed by atoms with Crippen molar-refractivity contribution < 1.29 is 24.5 Å². The van der Waals surface area contributed by atoms with E-state index in [2.05, 4.69) is 9.62 Å². The summed E-state index contributed by atoms with van der Waals surface area (Å²) in [4.78, 5) is 24.3. The smallest absolute Gasteiger partial charge is 0.449 e. The third-order valence-electron chi connectivity index (χ3n) is 1.46. The molecule has 1 N–H and O–H groups in total. The number of esters is 1. The zero-order chi connectivity index (χ0) is 10.4. The summed E-state index contributed by atoms with van der Waals surface area (Å²) in [6.45, 7) is -0.0330. The molecule has 74 valence electrons. The van der Waals surface area contributed by atoms with Gasteiger partial charge in [-0.3, -0.25) is 4.89 Å². The van der Waals surface area contributed by atoms with Gasteiger partial charge in [0.2, 0.25) is 0 Å². The van der Waals surface area contributed by atoms with Crippen molar-refractivity contribution in [3.8, 4) is 0 Å². The molecule has 0 radical (unpaired) electrons. The van der Waals surface area contributed by atoms with E-state index >= 15 is 0 Å². The predicted octanol–water partition coefficient (Wildman–Crippen LogP) is 0.746. The maximum atomic E-state index is 10.7. The van der Waals surface area contributed by atoms with Crippen LogP contribution in [0.1, 0.15) is 5.56 Å². The van der Waals surface area contributed by atoms with Crippen molar-refractivity contribution in [2.45, 2.75) is 6.61 Å². The zero-order valence-electron chi connectivity index (χ0n) is 7.17. The average molecular weight is 196 g/mol. The highest BCUT2D eigenvalue weighted by Crippen LogP contribution is 2.00. The first-order chi connectivity index (χ1) is 6.74. The minimum Gasteiger partial charge on any atom is -0.452 e. The topological polar surface area (TPSA) is 72.8 Å². The Bertz CT molecular complexity index is 319. The van der Waals surface area contributed by atoms with Crippen LogP contribution in [0, 0.1) is 0 Å². The third kappa shape index (κ3) is 2.87. The molecule has 0 aromatic heterocycles. The summed E-state index contributed by atoms with van der Waals surface area (Å²) >= 11 is 0. The van der Waals surface area contributed by atoms with Crippen LogP contribution in [-0.2, 0) is 25.8 Å². The van der Waals surface area contributed by atoms with Gasteiger partial charge >= 0.3 is 11.9 Å². The van der Waals surface area contributed by atoms with Gasteiger partial charge in [0, 0.05) is 0 Å². The fourth-order valence-corrected chi connectivity index (χ4v) is 0.819. The minimum absolute atomic E-state index is 0.0330. The molecule has 0 amide bonds. The molecule has 0 bridgehead atoms. The molecule has 14 heavy (non-hydrogen) atoms. The lowest BCUT2D eigenvalue weighted by Crippen LogP contribution is -2.18. The normalized spacial score (nSPS) is 9.21. The van der Waals surface area contributed by atoms with Crippen LogP contribution in [0.25, 0.3) is 0 Å². The Labute approximate surface area is 79.8 Å². The van der Waals surface area contributed by atoms with E-state index in [0.717, 1.165) is 5.56 Å². The zero-order valence-corrected chi connectivity index (χ0v) is 7.17. The number of hydrogen-bond donors (Lipinski definition) is 1. The maximum Gasteiger partial charge on any atom is 0.449 e. The maximum absolute atomic E-state index is 10.7. The third-order valence-corrected chi connectivity index (χ3v) is 1.46. The quantitative estimate of drug-likeness (QED) is 0.327. The number of carbonyl (C=O) groups is 2. The van der Waals surface area contributed by atoms with Crippen molar-refractivity contribution in [3.63, 3.8) is 0 Å².